The van der Waals surface area contributed by atoms with Gasteiger partial charge in [0, 0.05) is 12.1 Å². The number of aliphatic hydroxyl groups is 1. The fourth-order valence-electron chi connectivity index (χ4n) is 2.88. The van der Waals surface area contributed by atoms with Crippen LogP contribution in [0.25, 0.3) is 5.69 Å². The van der Waals surface area contributed by atoms with Crippen molar-refractivity contribution in [3.05, 3.63) is 59.7 Å². The van der Waals surface area contributed by atoms with E-state index in [0.29, 0.717) is 13.0 Å². The van der Waals surface area contributed by atoms with Gasteiger partial charge < -0.3 is 5.11 Å². The zero-order chi connectivity index (χ0) is 14.9. The quantitative estimate of drug-likeness (QED) is 0.792. The van der Waals surface area contributed by atoms with Crippen molar-refractivity contribution in [2.45, 2.75) is 31.9 Å². The van der Waals surface area contributed by atoms with Gasteiger partial charge in [0.05, 0.1) is 30.7 Å². The van der Waals surface area contributed by atoms with Crippen molar-refractivity contribution >= 4 is 0 Å². The summed E-state index contributed by atoms with van der Waals surface area (Å²) in [5, 5.41) is 23.1. The average molecular weight is 295 g/mol. The second-order valence-electron chi connectivity index (χ2n) is 5.63. The average Bonchev–Trinajstić information content (AvgIpc) is 3.16. The van der Waals surface area contributed by atoms with Crippen LogP contribution in [0.4, 0.5) is 0 Å². The van der Waals surface area contributed by atoms with Crippen molar-refractivity contribution in [1.82, 2.24) is 24.8 Å². The number of nitrogens with zero attached hydrogens (tertiary/aromatic N) is 5. The standard InChI is InChI=1S/C16H17N5O/c22-15-7-6-12-9-17-20(16(12)8-15)11-13-10-18-21(19-13)14-4-2-1-3-5-14/h1-5,9-10,15,22H,6-8,11H2/t15-/m1/s1. The number of aromatic nitrogens is 5. The first-order valence-electron chi connectivity index (χ1n) is 7.48. The Hall–Kier alpha value is -2.47. The first-order valence-corrected chi connectivity index (χ1v) is 7.48. The molecule has 6 heteroatoms. The zero-order valence-electron chi connectivity index (χ0n) is 12.1. The first-order chi connectivity index (χ1) is 10.8. The Morgan fingerprint density at radius 1 is 1.14 bits per heavy atom. The third-order valence-electron chi connectivity index (χ3n) is 4.05. The largest absolute Gasteiger partial charge is 0.393 e. The molecule has 0 amide bonds. The lowest BCUT2D eigenvalue weighted by molar-refractivity contribution is 0.155. The van der Waals surface area contributed by atoms with Gasteiger partial charge in [-0.1, -0.05) is 18.2 Å². The minimum absolute atomic E-state index is 0.261. The molecule has 6 nitrogen and oxygen atoms in total. The molecule has 1 aromatic carbocycles. The van der Waals surface area contributed by atoms with Crippen molar-refractivity contribution in [2.24, 2.45) is 0 Å². The molecule has 2 aromatic heterocycles. The van der Waals surface area contributed by atoms with Crippen LogP contribution in [0.5, 0.6) is 0 Å². The van der Waals surface area contributed by atoms with E-state index in [1.165, 1.54) is 5.56 Å². The number of fused-ring (bicyclic) bond motifs is 1. The normalized spacial score (nSPS) is 17.4. The molecule has 0 unspecified atom stereocenters. The van der Waals surface area contributed by atoms with Gasteiger partial charge in [0.2, 0.25) is 0 Å². The molecule has 4 rings (SSSR count). The van der Waals surface area contributed by atoms with E-state index >= 15 is 0 Å². The van der Waals surface area contributed by atoms with Crippen LogP contribution in [0.15, 0.2) is 42.7 Å². The molecule has 1 atom stereocenters. The highest BCUT2D eigenvalue weighted by Gasteiger charge is 2.21. The van der Waals surface area contributed by atoms with Gasteiger partial charge in [-0.2, -0.15) is 20.1 Å². The van der Waals surface area contributed by atoms with Gasteiger partial charge in [-0.05, 0) is 30.5 Å². The highest BCUT2D eigenvalue weighted by atomic mass is 16.3. The van der Waals surface area contributed by atoms with Gasteiger partial charge in [0.1, 0.15) is 5.69 Å². The van der Waals surface area contributed by atoms with Crippen LogP contribution in [-0.4, -0.2) is 36.0 Å². The number of aliphatic hydroxyl groups excluding tert-OH is 1. The Labute approximate surface area is 128 Å². The molecular formula is C16H17N5O. The maximum Gasteiger partial charge on any atom is 0.105 e. The minimum Gasteiger partial charge on any atom is -0.393 e. The number of hydrogen-bond acceptors (Lipinski definition) is 4. The SMILES string of the molecule is O[C@@H]1CCc2cnn(Cc3cnn(-c4ccccc4)n3)c2C1. The molecule has 3 aromatic rings. The first kappa shape index (κ1) is 13.2. The molecule has 1 aliphatic carbocycles. The zero-order valence-corrected chi connectivity index (χ0v) is 12.1. The van der Waals surface area contributed by atoms with Crippen molar-refractivity contribution in [3.8, 4) is 5.69 Å². The summed E-state index contributed by atoms with van der Waals surface area (Å²) in [5.41, 5.74) is 4.15. The van der Waals surface area contributed by atoms with E-state index in [-0.39, 0.29) is 6.10 Å². The summed E-state index contributed by atoms with van der Waals surface area (Å²) in [7, 11) is 0. The Kier molecular flexibility index (Phi) is 3.23. The summed E-state index contributed by atoms with van der Waals surface area (Å²) in [6, 6.07) is 9.83. The van der Waals surface area contributed by atoms with E-state index in [4.69, 9.17) is 0 Å². The molecule has 112 valence electrons. The third-order valence-corrected chi connectivity index (χ3v) is 4.05. The van der Waals surface area contributed by atoms with E-state index in [9.17, 15) is 5.11 Å². The summed E-state index contributed by atoms with van der Waals surface area (Å²) in [6.45, 7) is 0.578. The van der Waals surface area contributed by atoms with Crippen LogP contribution in [0.1, 0.15) is 23.4 Å². The molecule has 0 fully saturated rings. The molecule has 0 saturated heterocycles. The van der Waals surface area contributed by atoms with Crippen LogP contribution < -0.4 is 0 Å². The van der Waals surface area contributed by atoms with Crippen molar-refractivity contribution in [3.63, 3.8) is 0 Å². The van der Waals surface area contributed by atoms with E-state index in [1.54, 1.807) is 11.0 Å². The van der Waals surface area contributed by atoms with Gasteiger partial charge in [0.15, 0.2) is 0 Å². The summed E-state index contributed by atoms with van der Waals surface area (Å²) in [4.78, 5) is 1.63. The van der Waals surface area contributed by atoms with Gasteiger partial charge in [0.25, 0.3) is 0 Å². The predicted molar refractivity (Wildman–Crippen MR) is 80.7 cm³/mol. The van der Waals surface area contributed by atoms with Gasteiger partial charge >= 0.3 is 0 Å². The summed E-state index contributed by atoms with van der Waals surface area (Å²) in [5.74, 6) is 0. The van der Waals surface area contributed by atoms with Crippen LogP contribution in [-0.2, 0) is 19.4 Å². The molecule has 0 radical (unpaired) electrons. The van der Waals surface area contributed by atoms with Crippen molar-refractivity contribution in [2.75, 3.05) is 0 Å². The fourth-order valence-corrected chi connectivity index (χ4v) is 2.88. The van der Waals surface area contributed by atoms with Crippen LogP contribution in [0, 0.1) is 0 Å². The Balaban J connectivity index is 1.58. The smallest absolute Gasteiger partial charge is 0.105 e. The third kappa shape index (κ3) is 2.42. The van der Waals surface area contributed by atoms with E-state index in [2.05, 4.69) is 15.3 Å². The monoisotopic (exact) mass is 295 g/mol. The van der Waals surface area contributed by atoms with Crippen LogP contribution in [0.2, 0.25) is 0 Å². The number of hydrogen-bond donors (Lipinski definition) is 1. The number of aryl methyl sites for hydroxylation is 1. The van der Waals surface area contributed by atoms with Gasteiger partial charge in [-0.25, -0.2) is 0 Å². The lowest BCUT2D eigenvalue weighted by Crippen LogP contribution is -2.21. The molecule has 1 N–H and O–H groups in total. The van der Waals surface area contributed by atoms with E-state index < -0.39 is 0 Å². The lowest BCUT2D eigenvalue weighted by atomic mass is 9.96. The van der Waals surface area contributed by atoms with Gasteiger partial charge in [-0.15, -0.1) is 0 Å². The lowest BCUT2D eigenvalue weighted by Gasteiger charge is -2.18. The molecule has 0 bridgehead atoms. The number of para-hydroxylation sites is 1. The fraction of sp³-hybridized carbons (Fsp3) is 0.312. The molecular weight excluding hydrogens is 278 g/mol. The summed E-state index contributed by atoms with van der Waals surface area (Å²) >= 11 is 0. The summed E-state index contributed by atoms with van der Waals surface area (Å²) in [6.07, 6.45) is 5.80. The predicted octanol–water partition coefficient (Wildman–Crippen LogP) is 1.36. The molecule has 1 aliphatic rings. The number of rotatable bonds is 3. The highest BCUT2D eigenvalue weighted by Crippen LogP contribution is 2.21. The Morgan fingerprint density at radius 2 is 2.00 bits per heavy atom. The maximum atomic E-state index is 9.84. The second kappa shape index (κ2) is 5.38. The molecule has 2 heterocycles. The molecule has 0 spiro atoms. The molecule has 0 saturated carbocycles. The number of benzene rings is 1. The Bertz CT molecular complexity index is 777. The van der Waals surface area contributed by atoms with Crippen LogP contribution in [0.3, 0.4) is 0 Å². The van der Waals surface area contributed by atoms with Crippen molar-refractivity contribution in [1.29, 1.82) is 0 Å². The molecule has 0 aliphatic heterocycles. The van der Waals surface area contributed by atoms with Crippen LogP contribution >= 0.6 is 0 Å². The van der Waals surface area contributed by atoms with Crippen molar-refractivity contribution < 1.29 is 5.11 Å². The van der Waals surface area contributed by atoms with Gasteiger partial charge in [-0.3, -0.25) is 4.68 Å². The Morgan fingerprint density at radius 3 is 2.86 bits per heavy atom. The van der Waals surface area contributed by atoms with E-state index in [1.807, 2.05) is 41.2 Å². The topological polar surface area (TPSA) is 68.8 Å². The second-order valence-corrected chi connectivity index (χ2v) is 5.63. The molecule has 22 heavy (non-hydrogen) atoms. The highest BCUT2D eigenvalue weighted by molar-refractivity contribution is 5.28. The van der Waals surface area contributed by atoms with E-state index in [0.717, 1.165) is 29.9 Å². The summed E-state index contributed by atoms with van der Waals surface area (Å²) < 4.78 is 1.93. The maximum absolute atomic E-state index is 9.84. The minimum atomic E-state index is -0.261.